The zero-order chi connectivity index (χ0) is 11.2. The average molecular weight is 221 g/mol. The fraction of sp³-hybridized carbons (Fsp3) is 0.636. The Morgan fingerprint density at radius 2 is 2.50 bits per heavy atom. The van der Waals surface area contributed by atoms with Crippen LogP contribution in [-0.4, -0.2) is 29.9 Å². The summed E-state index contributed by atoms with van der Waals surface area (Å²) in [6.07, 6.45) is 7.03. The molecule has 5 heteroatoms. The van der Waals surface area contributed by atoms with E-state index < -0.39 is 0 Å². The van der Waals surface area contributed by atoms with Crippen LogP contribution >= 0.6 is 0 Å². The molecule has 1 fully saturated rings. The fourth-order valence-electron chi connectivity index (χ4n) is 1.69. The Labute approximate surface area is 94.6 Å². The van der Waals surface area contributed by atoms with Crippen LogP contribution in [0.5, 0.6) is 0 Å². The number of terminal acetylenes is 1. The zero-order valence-corrected chi connectivity index (χ0v) is 9.11. The Balaban J connectivity index is 1.80. The molecule has 2 rings (SSSR count). The van der Waals surface area contributed by atoms with Gasteiger partial charge in [0.05, 0.1) is 13.1 Å². The number of aromatic nitrogens is 2. The van der Waals surface area contributed by atoms with Gasteiger partial charge in [-0.1, -0.05) is 11.1 Å². The number of ether oxygens (including phenoxy) is 1. The van der Waals surface area contributed by atoms with Crippen LogP contribution in [0.15, 0.2) is 4.52 Å². The summed E-state index contributed by atoms with van der Waals surface area (Å²) in [7, 11) is 0. The van der Waals surface area contributed by atoms with Gasteiger partial charge in [-0.15, -0.1) is 6.42 Å². The Hall–Kier alpha value is -1.38. The normalized spacial score (nSPS) is 19.8. The maximum atomic E-state index is 5.29. The molecule has 1 aliphatic heterocycles. The molecule has 0 spiro atoms. The van der Waals surface area contributed by atoms with Crippen molar-refractivity contribution in [2.45, 2.75) is 19.4 Å². The van der Waals surface area contributed by atoms with Crippen molar-refractivity contribution < 1.29 is 9.26 Å². The van der Waals surface area contributed by atoms with Crippen molar-refractivity contribution in [2.24, 2.45) is 5.92 Å². The quantitative estimate of drug-likeness (QED) is 0.575. The van der Waals surface area contributed by atoms with Gasteiger partial charge in [-0.2, -0.15) is 4.98 Å². The first-order valence-corrected chi connectivity index (χ1v) is 5.42. The molecule has 1 unspecified atom stereocenters. The van der Waals surface area contributed by atoms with Crippen molar-refractivity contribution in [1.29, 1.82) is 0 Å². The van der Waals surface area contributed by atoms with Crippen molar-refractivity contribution >= 4 is 0 Å². The van der Waals surface area contributed by atoms with Crippen molar-refractivity contribution in [3.63, 3.8) is 0 Å². The lowest BCUT2D eigenvalue weighted by Crippen LogP contribution is -2.13. The molecular weight excluding hydrogens is 206 g/mol. The van der Waals surface area contributed by atoms with Crippen LogP contribution in [0, 0.1) is 18.3 Å². The van der Waals surface area contributed by atoms with Gasteiger partial charge in [-0.05, 0) is 12.3 Å². The van der Waals surface area contributed by atoms with Gasteiger partial charge in [-0.3, -0.25) is 5.32 Å². The molecule has 0 radical (unpaired) electrons. The summed E-state index contributed by atoms with van der Waals surface area (Å²) in [6, 6.07) is 0. The summed E-state index contributed by atoms with van der Waals surface area (Å²) in [6.45, 7) is 2.69. The smallest absolute Gasteiger partial charge is 0.240 e. The molecule has 1 saturated heterocycles. The molecule has 0 amide bonds. The van der Waals surface area contributed by atoms with Gasteiger partial charge in [0.1, 0.15) is 0 Å². The summed E-state index contributed by atoms with van der Waals surface area (Å²) < 4.78 is 10.4. The molecule has 0 saturated carbocycles. The minimum absolute atomic E-state index is 0.508. The molecule has 86 valence electrons. The highest BCUT2D eigenvalue weighted by Gasteiger charge is 2.18. The van der Waals surface area contributed by atoms with Gasteiger partial charge in [0, 0.05) is 19.6 Å². The lowest BCUT2D eigenvalue weighted by atomic mass is 10.1. The molecule has 1 aromatic heterocycles. The number of nitrogens with one attached hydrogen (secondary N) is 1. The average Bonchev–Trinajstić information content (AvgIpc) is 2.91. The SMILES string of the molecule is C#CCNCc1nc(CC2CCOC2)no1. The second-order valence-electron chi connectivity index (χ2n) is 3.85. The first-order chi connectivity index (χ1) is 7.88. The fourth-order valence-corrected chi connectivity index (χ4v) is 1.69. The molecule has 2 heterocycles. The van der Waals surface area contributed by atoms with Gasteiger partial charge in [-0.25, -0.2) is 0 Å². The number of hydrogen-bond donors (Lipinski definition) is 1. The van der Waals surface area contributed by atoms with E-state index in [2.05, 4.69) is 21.4 Å². The molecule has 0 aromatic carbocycles. The van der Waals surface area contributed by atoms with E-state index in [4.69, 9.17) is 15.7 Å². The van der Waals surface area contributed by atoms with E-state index in [1.807, 2.05) is 0 Å². The largest absolute Gasteiger partial charge is 0.381 e. The standard InChI is InChI=1S/C11H15N3O2/c1-2-4-12-7-11-13-10(14-16-11)6-9-3-5-15-8-9/h1,9,12H,3-8H2. The summed E-state index contributed by atoms with van der Waals surface area (Å²) in [4.78, 5) is 4.28. The van der Waals surface area contributed by atoms with Crippen molar-refractivity contribution in [3.8, 4) is 12.3 Å². The second kappa shape index (κ2) is 5.64. The van der Waals surface area contributed by atoms with Crippen LogP contribution in [0.2, 0.25) is 0 Å². The third kappa shape index (κ3) is 3.05. The van der Waals surface area contributed by atoms with E-state index in [9.17, 15) is 0 Å². The number of hydrogen-bond acceptors (Lipinski definition) is 5. The van der Waals surface area contributed by atoms with Crippen molar-refractivity contribution in [2.75, 3.05) is 19.8 Å². The van der Waals surface area contributed by atoms with Gasteiger partial charge in [0.15, 0.2) is 5.82 Å². The van der Waals surface area contributed by atoms with Crippen LogP contribution in [0.1, 0.15) is 18.1 Å². The lowest BCUT2D eigenvalue weighted by molar-refractivity contribution is 0.185. The predicted molar refractivity (Wildman–Crippen MR) is 57.5 cm³/mol. The third-order valence-electron chi connectivity index (χ3n) is 2.51. The minimum Gasteiger partial charge on any atom is -0.381 e. The highest BCUT2D eigenvalue weighted by Crippen LogP contribution is 2.16. The maximum Gasteiger partial charge on any atom is 0.240 e. The summed E-state index contributed by atoms with van der Waals surface area (Å²) >= 11 is 0. The molecule has 1 N–H and O–H groups in total. The predicted octanol–water partition coefficient (Wildman–Crippen LogP) is 0.371. The van der Waals surface area contributed by atoms with Gasteiger partial charge in [0.25, 0.3) is 0 Å². The van der Waals surface area contributed by atoms with Gasteiger partial charge in [0.2, 0.25) is 5.89 Å². The van der Waals surface area contributed by atoms with Crippen molar-refractivity contribution in [1.82, 2.24) is 15.5 Å². The van der Waals surface area contributed by atoms with Crippen LogP contribution < -0.4 is 5.32 Å². The van der Waals surface area contributed by atoms with Crippen molar-refractivity contribution in [3.05, 3.63) is 11.7 Å². The van der Waals surface area contributed by atoms with Crippen LogP contribution in [0.25, 0.3) is 0 Å². The second-order valence-corrected chi connectivity index (χ2v) is 3.85. The molecule has 5 nitrogen and oxygen atoms in total. The Morgan fingerprint density at radius 1 is 1.56 bits per heavy atom. The van der Waals surface area contributed by atoms with E-state index >= 15 is 0 Å². The summed E-state index contributed by atoms with van der Waals surface area (Å²) in [5, 5.41) is 6.93. The molecule has 0 bridgehead atoms. The van der Waals surface area contributed by atoms with E-state index in [0.717, 1.165) is 31.9 Å². The maximum absolute atomic E-state index is 5.29. The Kier molecular flexibility index (Phi) is 3.91. The molecule has 1 atom stereocenters. The molecular formula is C11H15N3O2. The van der Waals surface area contributed by atoms with E-state index in [1.54, 1.807) is 0 Å². The monoisotopic (exact) mass is 221 g/mol. The molecule has 1 aromatic rings. The number of nitrogens with zero attached hydrogens (tertiary/aromatic N) is 2. The van der Waals surface area contributed by atoms with Gasteiger partial charge < -0.3 is 9.26 Å². The highest BCUT2D eigenvalue weighted by atomic mass is 16.5. The van der Waals surface area contributed by atoms with Crippen LogP contribution in [-0.2, 0) is 17.7 Å². The topological polar surface area (TPSA) is 60.2 Å². The number of rotatable bonds is 5. The van der Waals surface area contributed by atoms with Gasteiger partial charge >= 0.3 is 0 Å². The summed E-state index contributed by atoms with van der Waals surface area (Å²) in [5.74, 6) is 4.36. The lowest BCUT2D eigenvalue weighted by Gasteiger charge is -2.00. The first-order valence-electron chi connectivity index (χ1n) is 5.42. The Morgan fingerprint density at radius 3 is 3.25 bits per heavy atom. The molecule has 16 heavy (non-hydrogen) atoms. The molecule has 1 aliphatic rings. The van der Waals surface area contributed by atoms with Crippen LogP contribution in [0.4, 0.5) is 0 Å². The first kappa shape index (κ1) is 11.1. The minimum atomic E-state index is 0.508. The summed E-state index contributed by atoms with van der Waals surface area (Å²) in [5.41, 5.74) is 0. The van der Waals surface area contributed by atoms with E-state index in [0.29, 0.717) is 24.9 Å². The highest BCUT2D eigenvalue weighted by molar-refractivity contribution is 4.91. The van der Waals surface area contributed by atoms with Crippen LogP contribution in [0.3, 0.4) is 0 Å². The third-order valence-corrected chi connectivity index (χ3v) is 2.51. The Bertz CT molecular complexity index is 364. The van der Waals surface area contributed by atoms with E-state index in [-0.39, 0.29) is 0 Å². The molecule has 0 aliphatic carbocycles. The van der Waals surface area contributed by atoms with E-state index in [1.165, 1.54) is 0 Å². The zero-order valence-electron chi connectivity index (χ0n) is 9.11.